The van der Waals surface area contributed by atoms with Crippen LogP contribution >= 0.6 is 0 Å². The smallest absolute Gasteiger partial charge is 0.457 e. The van der Waals surface area contributed by atoms with Crippen LogP contribution in [0, 0.1) is 46.3 Å². The number of esters is 1. The van der Waals surface area contributed by atoms with Gasteiger partial charge in [0.1, 0.15) is 6.10 Å². The van der Waals surface area contributed by atoms with Crippen LogP contribution in [0.15, 0.2) is 11.6 Å². The predicted octanol–water partition coefficient (Wildman–Crippen LogP) is 7.42. The van der Waals surface area contributed by atoms with Gasteiger partial charge in [-0.1, -0.05) is 65.5 Å². The molecule has 8 heteroatoms. The Morgan fingerprint density at radius 1 is 1.11 bits per heavy atom. The Kier molecular flexibility index (Phi) is 7.97. The number of carbonyl (C=O) groups is 1. The van der Waals surface area contributed by atoms with Crippen LogP contribution in [-0.2, 0) is 19.6 Å². The van der Waals surface area contributed by atoms with Gasteiger partial charge < -0.3 is 4.74 Å². The Bertz CT molecular complexity index is 1010. The van der Waals surface area contributed by atoms with Gasteiger partial charge in [0.2, 0.25) is 0 Å². The highest BCUT2D eigenvalue weighted by Crippen LogP contribution is 2.67. The van der Waals surface area contributed by atoms with Crippen molar-refractivity contribution in [3.05, 3.63) is 11.6 Å². The summed E-state index contributed by atoms with van der Waals surface area (Å²) in [5.41, 5.74) is 1.50. The van der Waals surface area contributed by atoms with Crippen molar-refractivity contribution in [1.29, 1.82) is 0 Å². The minimum atomic E-state index is -5.86. The van der Waals surface area contributed by atoms with Crippen LogP contribution in [0.3, 0.4) is 0 Å². The van der Waals surface area contributed by atoms with Crippen molar-refractivity contribution in [1.82, 2.24) is 0 Å². The number of halogens is 2. The molecule has 0 amide bonds. The second kappa shape index (κ2) is 10.2. The molecule has 3 saturated carbocycles. The van der Waals surface area contributed by atoms with Crippen molar-refractivity contribution in [3.8, 4) is 0 Å². The van der Waals surface area contributed by atoms with Gasteiger partial charge in [0, 0.05) is 6.42 Å². The summed E-state index contributed by atoms with van der Waals surface area (Å²) in [6.07, 6.45) is 12.9. The van der Waals surface area contributed by atoms with E-state index in [-0.39, 0.29) is 5.41 Å². The third-order valence-corrected chi connectivity index (χ3v) is 11.9. The molecule has 4 rings (SSSR count). The highest BCUT2D eigenvalue weighted by Gasteiger charge is 2.60. The zero-order valence-electron chi connectivity index (χ0n) is 23.1. The normalized spacial score (nSPS) is 38.8. The lowest BCUT2D eigenvalue weighted by Gasteiger charge is -2.58. The van der Waals surface area contributed by atoms with E-state index in [2.05, 4.69) is 40.7 Å². The Morgan fingerprint density at radius 3 is 2.46 bits per heavy atom. The van der Waals surface area contributed by atoms with E-state index in [1.54, 1.807) is 0 Å². The van der Waals surface area contributed by atoms with Crippen LogP contribution in [0.25, 0.3) is 0 Å². The first-order valence-corrected chi connectivity index (χ1v) is 15.8. The van der Waals surface area contributed by atoms with Gasteiger partial charge in [-0.25, -0.2) is 4.79 Å². The summed E-state index contributed by atoms with van der Waals surface area (Å²) in [4.78, 5) is 11.9. The summed E-state index contributed by atoms with van der Waals surface area (Å²) in [6, 6.07) is 0. The molecule has 0 aromatic carbocycles. The van der Waals surface area contributed by atoms with Gasteiger partial charge in [-0.15, -0.1) is 0 Å². The van der Waals surface area contributed by atoms with Gasteiger partial charge in [-0.3, -0.25) is 4.55 Å². The van der Waals surface area contributed by atoms with Gasteiger partial charge in [0.05, 0.1) is 0 Å². The van der Waals surface area contributed by atoms with Gasteiger partial charge in [0.25, 0.3) is 0 Å². The number of ether oxygens (including phenoxy) is 1. The number of rotatable bonds is 8. The third-order valence-electron chi connectivity index (χ3n) is 11.1. The lowest BCUT2D eigenvalue weighted by atomic mass is 9.47. The van der Waals surface area contributed by atoms with Crippen molar-refractivity contribution in [2.45, 2.75) is 117 Å². The van der Waals surface area contributed by atoms with E-state index < -0.39 is 27.4 Å². The van der Waals surface area contributed by atoms with Gasteiger partial charge in [-0.05, 0) is 91.3 Å². The summed E-state index contributed by atoms with van der Waals surface area (Å²) in [5, 5.41) is -4.95. The summed E-state index contributed by atoms with van der Waals surface area (Å²) >= 11 is 0. The molecule has 0 aliphatic heterocycles. The van der Waals surface area contributed by atoms with E-state index in [9.17, 15) is 22.0 Å². The highest BCUT2D eigenvalue weighted by atomic mass is 32.2. The number of carbonyl (C=O) groups excluding carboxylic acids is 1. The van der Waals surface area contributed by atoms with Gasteiger partial charge in [-0.2, -0.15) is 17.2 Å². The average Bonchev–Trinajstić information content (AvgIpc) is 3.15. The third kappa shape index (κ3) is 5.15. The SMILES string of the molecule is CC(C)CCC[C@@H](C)[C@H]1CC[C@H]2[C@@H]3CC=C4CC(OC(=O)C(F)(F)S(=O)(=O)O)CC[C@]4(C)[C@H]3CC[C@]12C. The van der Waals surface area contributed by atoms with Crippen LogP contribution in [0.1, 0.15) is 105 Å². The molecule has 1 N–H and O–H groups in total. The molecular weight excluding hydrogens is 498 g/mol. The molecule has 0 saturated heterocycles. The minimum absolute atomic E-state index is 0.0420. The fourth-order valence-corrected chi connectivity index (χ4v) is 9.34. The first kappa shape index (κ1) is 29.0. The number of hydrogen-bond acceptors (Lipinski definition) is 4. The maximum atomic E-state index is 13.7. The van der Waals surface area contributed by atoms with Crippen LogP contribution in [0.4, 0.5) is 8.78 Å². The molecule has 5 nitrogen and oxygen atoms in total. The standard InChI is InChI=1S/C29H46F2O5S/c1-18(2)7-6-8-19(3)23-11-12-24-22-10-9-20-17-21(36-26(32)29(30,31)37(33,34)35)13-15-27(20,4)25(22)14-16-28(23,24)5/h9,18-19,21-25H,6-8,10-17H2,1-5H3,(H,33,34,35)/t19-,21?,22+,23-,24+,25+,27+,28-/m1/s1. The topological polar surface area (TPSA) is 80.7 Å². The molecule has 3 fully saturated rings. The molecule has 4 aliphatic carbocycles. The maximum Gasteiger partial charge on any atom is 0.465 e. The van der Waals surface area contributed by atoms with Crippen LogP contribution in [0.5, 0.6) is 0 Å². The van der Waals surface area contributed by atoms with E-state index in [0.717, 1.165) is 36.2 Å². The number of alkyl halides is 2. The molecule has 0 radical (unpaired) electrons. The molecular formula is C29H46F2O5S. The fraction of sp³-hybridized carbons (Fsp3) is 0.897. The Labute approximate surface area is 221 Å². The lowest BCUT2D eigenvalue weighted by Crippen LogP contribution is -2.51. The predicted molar refractivity (Wildman–Crippen MR) is 139 cm³/mol. The molecule has 0 aromatic heterocycles. The summed E-state index contributed by atoms with van der Waals surface area (Å²) in [7, 11) is -5.86. The Morgan fingerprint density at radius 2 is 1.81 bits per heavy atom. The molecule has 8 atom stereocenters. The quantitative estimate of drug-likeness (QED) is 0.195. The van der Waals surface area contributed by atoms with Crippen molar-refractivity contribution in [3.63, 3.8) is 0 Å². The van der Waals surface area contributed by atoms with E-state index in [0.29, 0.717) is 36.0 Å². The van der Waals surface area contributed by atoms with Crippen molar-refractivity contribution in [2.75, 3.05) is 0 Å². The largest absolute Gasteiger partial charge is 0.465 e. The lowest BCUT2D eigenvalue weighted by molar-refractivity contribution is -0.169. The average molecular weight is 545 g/mol. The van der Waals surface area contributed by atoms with Crippen LogP contribution < -0.4 is 0 Å². The number of fused-ring (bicyclic) bond motifs is 5. The second-order valence-corrected chi connectivity index (χ2v) is 15.0. The van der Waals surface area contributed by atoms with Crippen molar-refractivity contribution >= 4 is 16.1 Å². The van der Waals surface area contributed by atoms with E-state index in [4.69, 9.17) is 9.29 Å². The first-order chi connectivity index (χ1) is 17.1. The molecule has 0 aromatic rings. The van der Waals surface area contributed by atoms with E-state index in [1.807, 2.05) is 0 Å². The summed E-state index contributed by atoms with van der Waals surface area (Å²) in [5.74, 6) is 1.98. The fourth-order valence-electron chi connectivity index (χ4n) is 9.08. The highest BCUT2D eigenvalue weighted by molar-refractivity contribution is 7.87. The van der Waals surface area contributed by atoms with E-state index >= 15 is 0 Å². The molecule has 37 heavy (non-hydrogen) atoms. The molecule has 0 heterocycles. The maximum absolute atomic E-state index is 13.7. The summed E-state index contributed by atoms with van der Waals surface area (Å²) < 4.78 is 63.0. The van der Waals surface area contributed by atoms with Crippen LogP contribution in [-0.4, -0.2) is 30.3 Å². The number of hydrogen-bond donors (Lipinski definition) is 1. The van der Waals surface area contributed by atoms with Gasteiger partial charge in [0.15, 0.2) is 0 Å². The monoisotopic (exact) mass is 544 g/mol. The van der Waals surface area contributed by atoms with E-state index in [1.165, 1.54) is 44.9 Å². The van der Waals surface area contributed by atoms with Gasteiger partial charge >= 0.3 is 21.3 Å². The number of allylic oxidation sites excluding steroid dienone is 1. The van der Waals surface area contributed by atoms with Crippen molar-refractivity contribution < 1.29 is 31.3 Å². The molecule has 212 valence electrons. The minimum Gasteiger partial charge on any atom is -0.457 e. The zero-order chi connectivity index (χ0) is 27.4. The zero-order valence-corrected chi connectivity index (χ0v) is 24.0. The molecule has 0 bridgehead atoms. The van der Waals surface area contributed by atoms with Crippen molar-refractivity contribution in [2.24, 2.45) is 46.3 Å². The first-order valence-electron chi connectivity index (χ1n) is 14.4. The molecule has 4 aliphatic rings. The van der Waals surface area contributed by atoms with Crippen LogP contribution in [0.2, 0.25) is 0 Å². The Hall–Kier alpha value is -1.02. The second-order valence-electron chi connectivity index (χ2n) is 13.6. The summed E-state index contributed by atoms with van der Waals surface area (Å²) in [6.45, 7) is 11.9. The molecule has 1 unspecified atom stereocenters. The Balaban J connectivity index is 1.44. The molecule has 0 spiro atoms.